The lowest BCUT2D eigenvalue weighted by Gasteiger charge is -2.13. The largest absolute Gasteiger partial charge is 0.345 e. The molecule has 0 radical (unpaired) electrons. The van der Waals surface area contributed by atoms with Gasteiger partial charge in [-0.1, -0.05) is 17.7 Å². The Morgan fingerprint density at radius 3 is 2.23 bits per heavy atom. The van der Waals surface area contributed by atoms with Crippen LogP contribution in [0.2, 0.25) is 5.02 Å². The van der Waals surface area contributed by atoms with E-state index in [4.69, 9.17) is 11.6 Å². The first-order valence-electron chi connectivity index (χ1n) is 8.66. The first-order chi connectivity index (χ1) is 14.2. The lowest BCUT2D eigenvalue weighted by Crippen LogP contribution is -2.22. The van der Waals surface area contributed by atoms with Gasteiger partial charge in [0.25, 0.3) is 21.8 Å². The van der Waals surface area contributed by atoms with Crippen LogP contribution in [0.1, 0.15) is 20.7 Å². The van der Waals surface area contributed by atoms with Crippen molar-refractivity contribution in [1.82, 2.24) is 4.90 Å². The summed E-state index contributed by atoms with van der Waals surface area (Å²) >= 11 is 7.27. The number of nitrogens with one attached hydrogen (secondary N) is 2. The van der Waals surface area contributed by atoms with Crippen molar-refractivity contribution in [2.45, 2.75) is 4.21 Å². The van der Waals surface area contributed by atoms with Crippen molar-refractivity contribution in [2.75, 3.05) is 24.1 Å². The van der Waals surface area contributed by atoms with Crippen LogP contribution < -0.4 is 10.0 Å². The van der Waals surface area contributed by atoms with Crippen molar-refractivity contribution in [2.24, 2.45) is 0 Å². The highest BCUT2D eigenvalue weighted by Crippen LogP contribution is 2.23. The van der Waals surface area contributed by atoms with Crippen LogP contribution in [0, 0.1) is 0 Å². The molecule has 3 rings (SSSR count). The number of hydrogen-bond donors (Lipinski definition) is 2. The summed E-state index contributed by atoms with van der Waals surface area (Å²) in [6.07, 6.45) is 0. The van der Waals surface area contributed by atoms with Gasteiger partial charge in [0.1, 0.15) is 4.21 Å². The van der Waals surface area contributed by atoms with E-state index in [-0.39, 0.29) is 15.1 Å². The van der Waals surface area contributed by atoms with Gasteiger partial charge in [0.15, 0.2) is 0 Å². The minimum absolute atomic E-state index is 0.206. The molecule has 0 aliphatic carbocycles. The summed E-state index contributed by atoms with van der Waals surface area (Å²) < 4.78 is 27.2. The molecule has 0 spiro atoms. The maximum absolute atomic E-state index is 12.5. The molecule has 0 saturated carbocycles. The Morgan fingerprint density at radius 2 is 1.67 bits per heavy atom. The molecule has 0 aliphatic heterocycles. The van der Waals surface area contributed by atoms with E-state index < -0.39 is 15.9 Å². The molecule has 1 heterocycles. The van der Waals surface area contributed by atoms with Crippen molar-refractivity contribution >= 4 is 56.2 Å². The van der Waals surface area contributed by atoms with Crippen molar-refractivity contribution < 1.29 is 18.0 Å². The number of sulfonamides is 1. The third kappa shape index (κ3) is 4.99. The number of anilines is 2. The van der Waals surface area contributed by atoms with Gasteiger partial charge in [-0.15, -0.1) is 11.3 Å². The maximum Gasteiger partial charge on any atom is 0.271 e. The van der Waals surface area contributed by atoms with E-state index in [1.807, 2.05) is 0 Å². The Morgan fingerprint density at radius 1 is 1.00 bits per heavy atom. The molecule has 7 nitrogen and oxygen atoms in total. The molecule has 0 unspecified atom stereocenters. The number of carbonyl (C=O) groups is 2. The average Bonchev–Trinajstić information content (AvgIpc) is 3.24. The SMILES string of the molecule is CN(C)C(=O)c1ccc(NC(=O)c2ccc(NS(=O)(=O)c3cccs3)cc2)cc1Cl. The number of thiophene rings is 1. The van der Waals surface area contributed by atoms with Crippen LogP contribution in [0.25, 0.3) is 0 Å². The molecular formula is C20H18ClN3O4S2. The Balaban J connectivity index is 1.69. The molecule has 0 fully saturated rings. The molecule has 156 valence electrons. The van der Waals surface area contributed by atoms with Gasteiger partial charge >= 0.3 is 0 Å². The van der Waals surface area contributed by atoms with E-state index in [2.05, 4.69) is 10.0 Å². The van der Waals surface area contributed by atoms with Crippen molar-refractivity contribution in [3.05, 3.63) is 76.1 Å². The van der Waals surface area contributed by atoms with Crippen LogP contribution in [0.4, 0.5) is 11.4 Å². The topological polar surface area (TPSA) is 95.6 Å². The number of hydrogen-bond acceptors (Lipinski definition) is 5. The minimum atomic E-state index is -3.65. The number of rotatable bonds is 6. The Bertz CT molecular complexity index is 1180. The number of benzene rings is 2. The summed E-state index contributed by atoms with van der Waals surface area (Å²) in [5.41, 5.74) is 1.44. The summed E-state index contributed by atoms with van der Waals surface area (Å²) in [5.74, 6) is -0.635. The second kappa shape index (κ2) is 8.86. The molecule has 10 heteroatoms. The molecule has 0 bridgehead atoms. The Labute approximate surface area is 183 Å². The van der Waals surface area contributed by atoms with Crippen LogP contribution in [0.15, 0.2) is 64.2 Å². The molecule has 2 aromatic carbocycles. The first kappa shape index (κ1) is 21.8. The molecule has 3 aromatic rings. The van der Waals surface area contributed by atoms with E-state index in [1.54, 1.807) is 37.7 Å². The number of amides is 2. The van der Waals surface area contributed by atoms with Gasteiger partial charge < -0.3 is 10.2 Å². The Kier molecular flexibility index (Phi) is 6.45. The zero-order valence-electron chi connectivity index (χ0n) is 16.0. The summed E-state index contributed by atoms with van der Waals surface area (Å²) in [5, 5.41) is 4.60. The highest BCUT2D eigenvalue weighted by molar-refractivity contribution is 7.94. The summed E-state index contributed by atoms with van der Waals surface area (Å²) in [6.45, 7) is 0. The quantitative estimate of drug-likeness (QED) is 0.573. The van der Waals surface area contributed by atoms with Gasteiger partial charge in [0.05, 0.1) is 10.6 Å². The van der Waals surface area contributed by atoms with E-state index in [0.717, 1.165) is 11.3 Å². The summed E-state index contributed by atoms with van der Waals surface area (Å²) in [4.78, 5) is 25.9. The lowest BCUT2D eigenvalue weighted by atomic mass is 10.1. The zero-order valence-corrected chi connectivity index (χ0v) is 18.4. The second-order valence-corrected chi connectivity index (χ2v) is 9.73. The third-order valence-electron chi connectivity index (χ3n) is 4.02. The van der Waals surface area contributed by atoms with Crippen LogP contribution >= 0.6 is 22.9 Å². The van der Waals surface area contributed by atoms with E-state index >= 15 is 0 Å². The van der Waals surface area contributed by atoms with Crippen molar-refractivity contribution in [1.29, 1.82) is 0 Å². The predicted octanol–water partition coefficient (Wildman–Crippen LogP) is 4.16. The van der Waals surface area contributed by atoms with Crippen LogP contribution in [-0.4, -0.2) is 39.2 Å². The fraction of sp³-hybridized carbons (Fsp3) is 0.100. The number of carbonyl (C=O) groups excluding carboxylic acids is 2. The average molecular weight is 464 g/mol. The fourth-order valence-corrected chi connectivity index (χ4v) is 4.83. The number of halogens is 1. The van der Waals surface area contributed by atoms with E-state index in [0.29, 0.717) is 22.5 Å². The maximum atomic E-state index is 12.5. The number of nitrogens with zero attached hydrogens (tertiary/aromatic N) is 1. The molecule has 0 atom stereocenters. The third-order valence-corrected chi connectivity index (χ3v) is 7.11. The van der Waals surface area contributed by atoms with Gasteiger partial charge in [-0.3, -0.25) is 14.3 Å². The predicted molar refractivity (Wildman–Crippen MR) is 119 cm³/mol. The zero-order chi connectivity index (χ0) is 21.9. The van der Waals surface area contributed by atoms with Gasteiger partial charge in [-0.25, -0.2) is 8.42 Å². The van der Waals surface area contributed by atoms with Crippen molar-refractivity contribution in [3.8, 4) is 0 Å². The molecule has 30 heavy (non-hydrogen) atoms. The van der Waals surface area contributed by atoms with Crippen molar-refractivity contribution in [3.63, 3.8) is 0 Å². The fourth-order valence-electron chi connectivity index (χ4n) is 2.52. The first-order valence-corrected chi connectivity index (χ1v) is 11.4. The molecular weight excluding hydrogens is 446 g/mol. The highest BCUT2D eigenvalue weighted by atomic mass is 35.5. The molecule has 1 aromatic heterocycles. The second-order valence-electron chi connectivity index (χ2n) is 6.46. The van der Waals surface area contributed by atoms with E-state index in [9.17, 15) is 18.0 Å². The molecule has 0 saturated heterocycles. The summed E-state index contributed by atoms with van der Waals surface area (Å²) in [6, 6.07) is 13.8. The normalized spacial score (nSPS) is 11.0. The molecule has 2 amide bonds. The van der Waals surface area contributed by atoms with Crippen LogP contribution in [-0.2, 0) is 10.0 Å². The van der Waals surface area contributed by atoms with Crippen LogP contribution in [0.3, 0.4) is 0 Å². The summed E-state index contributed by atoms with van der Waals surface area (Å²) in [7, 11) is -0.404. The van der Waals surface area contributed by atoms with Crippen LogP contribution in [0.5, 0.6) is 0 Å². The van der Waals surface area contributed by atoms with Gasteiger partial charge in [0.2, 0.25) is 0 Å². The van der Waals surface area contributed by atoms with E-state index in [1.165, 1.54) is 41.3 Å². The monoisotopic (exact) mass is 463 g/mol. The highest BCUT2D eigenvalue weighted by Gasteiger charge is 2.16. The Hall–Kier alpha value is -2.88. The minimum Gasteiger partial charge on any atom is -0.345 e. The van der Waals surface area contributed by atoms with Gasteiger partial charge in [0, 0.05) is 31.0 Å². The van der Waals surface area contributed by atoms with Gasteiger partial charge in [-0.05, 0) is 53.9 Å². The standard InChI is InChI=1S/C20H18ClN3O4S2/c1-24(2)20(26)16-10-9-15(12-17(16)21)22-19(25)13-5-7-14(8-6-13)23-30(27,28)18-4-3-11-29-18/h3-12,23H,1-2H3,(H,22,25). The lowest BCUT2D eigenvalue weighted by molar-refractivity contribution is 0.0827. The van der Waals surface area contributed by atoms with Gasteiger partial charge in [-0.2, -0.15) is 0 Å². The molecule has 0 aliphatic rings. The molecule has 2 N–H and O–H groups in total. The smallest absolute Gasteiger partial charge is 0.271 e.